The highest BCUT2D eigenvalue weighted by Crippen LogP contribution is 2.24. The maximum absolute atomic E-state index is 7.64. The number of imidazole rings is 1. The molecule has 80 valence electrons. The molecule has 0 aliphatic carbocycles. The number of fused-ring (bicyclic) bond motifs is 1. The van der Waals surface area contributed by atoms with E-state index in [-0.39, 0.29) is 0 Å². The van der Waals surface area contributed by atoms with Gasteiger partial charge in [-0.3, -0.25) is 5.41 Å². The number of methoxy groups -OCH3 is 1. The van der Waals surface area contributed by atoms with Crippen molar-refractivity contribution in [2.75, 3.05) is 7.11 Å². The van der Waals surface area contributed by atoms with Crippen molar-refractivity contribution < 1.29 is 4.74 Å². The van der Waals surface area contributed by atoms with Crippen molar-refractivity contribution in [3.8, 4) is 0 Å². The molecule has 2 N–H and O–H groups in total. The van der Waals surface area contributed by atoms with Crippen LogP contribution >= 0.6 is 0 Å². The number of H-pyrrole nitrogens is 1. The molecule has 1 atom stereocenters. The van der Waals surface area contributed by atoms with Gasteiger partial charge in [0.25, 0.3) is 0 Å². The Morgan fingerprint density at radius 3 is 3.13 bits per heavy atom. The maximum Gasteiger partial charge on any atom is 0.243 e. The molecule has 0 aromatic carbocycles. The molecule has 0 saturated heterocycles. The van der Waals surface area contributed by atoms with Crippen LogP contribution in [0.15, 0.2) is 11.3 Å². The van der Waals surface area contributed by atoms with Gasteiger partial charge >= 0.3 is 0 Å². The zero-order valence-corrected chi connectivity index (χ0v) is 8.87. The highest BCUT2D eigenvalue weighted by Gasteiger charge is 2.21. The van der Waals surface area contributed by atoms with E-state index in [9.17, 15) is 0 Å². The Morgan fingerprint density at radius 2 is 2.40 bits per heavy atom. The lowest BCUT2D eigenvalue weighted by atomic mass is 9.98. The number of hydrogen-bond acceptors (Lipinski definition) is 3. The standard InChI is InChI=1S/C10H14N4O/c1-6-3-4-7(11)14-10(15-2)9-8(6)12-5-13-9/h5-6,11H,3-4H2,1-2H3,(H,12,13). The lowest BCUT2D eigenvalue weighted by Crippen LogP contribution is -2.15. The molecule has 2 rings (SSSR count). The summed E-state index contributed by atoms with van der Waals surface area (Å²) in [4.78, 5) is 11.4. The van der Waals surface area contributed by atoms with Crippen molar-refractivity contribution >= 4 is 11.7 Å². The first-order valence-corrected chi connectivity index (χ1v) is 4.96. The molecule has 1 aromatic heterocycles. The van der Waals surface area contributed by atoms with Crippen molar-refractivity contribution in [2.24, 2.45) is 4.99 Å². The molecule has 0 bridgehead atoms. The second-order valence-electron chi connectivity index (χ2n) is 3.67. The number of rotatable bonds is 0. The van der Waals surface area contributed by atoms with E-state index in [0.29, 0.717) is 24.1 Å². The zero-order chi connectivity index (χ0) is 10.8. The van der Waals surface area contributed by atoms with E-state index < -0.39 is 0 Å². The summed E-state index contributed by atoms with van der Waals surface area (Å²) in [6.07, 6.45) is 3.23. The first kappa shape index (κ1) is 9.89. The Balaban J connectivity index is 2.50. The van der Waals surface area contributed by atoms with Crippen LogP contribution in [0.4, 0.5) is 0 Å². The minimum atomic E-state index is 0.350. The fourth-order valence-corrected chi connectivity index (χ4v) is 1.72. The Bertz CT molecular complexity index is 407. The number of nitrogens with one attached hydrogen (secondary N) is 2. The van der Waals surface area contributed by atoms with Crippen LogP contribution in [0.5, 0.6) is 0 Å². The van der Waals surface area contributed by atoms with Gasteiger partial charge in [0.05, 0.1) is 19.1 Å². The molecule has 0 saturated carbocycles. The van der Waals surface area contributed by atoms with Crippen molar-refractivity contribution in [3.05, 3.63) is 17.7 Å². The summed E-state index contributed by atoms with van der Waals surface area (Å²) in [7, 11) is 1.55. The third-order valence-corrected chi connectivity index (χ3v) is 2.61. The van der Waals surface area contributed by atoms with Crippen LogP contribution in [-0.4, -0.2) is 28.8 Å². The SMILES string of the molecule is COC1=NC(=N)CCC(C)c2[nH]cnc21. The Morgan fingerprint density at radius 1 is 1.60 bits per heavy atom. The number of amidine groups is 1. The summed E-state index contributed by atoms with van der Waals surface area (Å²) in [6, 6.07) is 0. The molecule has 0 spiro atoms. The minimum absolute atomic E-state index is 0.350. The number of nitrogens with zero attached hydrogens (tertiary/aromatic N) is 2. The minimum Gasteiger partial charge on any atom is -0.479 e. The molecule has 0 amide bonds. The summed E-state index contributed by atoms with van der Waals surface area (Å²) in [5.41, 5.74) is 1.78. The lowest BCUT2D eigenvalue weighted by Gasteiger charge is -2.15. The van der Waals surface area contributed by atoms with Crippen LogP contribution in [0.3, 0.4) is 0 Å². The highest BCUT2D eigenvalue weighted by atomic mass is 16.5. The van der Waals surface area contributed by atoms with Crippen molar-refractivity contribution in [3.63, 3.8) is 0 Å². The fraction of sp³-hybridized carbons (Fsp3) is 0.500. The third kappa shape index (κ3) is 1.77. The molecule has 1 unspecified atom stereocenters. The largest absolute Gasteiger partial charge is 0.479 e. The van der Waals surface area contributed by atoms with Crippen LogP contribution in [0, 0.1) is 5.41 Å². The Kier molecular flexibility index (Phi) is 2.53. The average molecular weight is 206 g/mol. The van der Waals surface area contributed by atoms with Gasteiger partial charge in [-0.05, 0) is 12.3 Å². The molecular formula is C10H14N4O. The van der Waals surface area contributed by atoms with E-state index in [2.05, 4.69) is 21.9 Å². The van der Waals surface area contributed by atoms with Gasteiger partial charge in [0, 0.05) is 6.42 Å². The summed E-state index contributed by atoms with van der Waals surface area (Å²) in [6.45, 7) is 2.11. The normalized spacial score (nSPS) is 21.3. The first-order chi connectivity index (χ1) is 7.22. The van der Waals surface area contributed by atoms with Gasteiger partial charge in [-0.1, -0.05) is 6.92 Å². The van der Waals surface area contributed by atoms with Crippen LogP contribution < -0.4 is 0 Å². The molecule has 2 heterocycles. The zero-order valence-electron chi connectivity index (χ0n) is 8.87. The fourth-order valence-electron chi connectivity index (χ4n) is 1.72. The second kappa shape index (κ2) is 3.84. The van der Waals surface area contributed by atoms with Crippen LogP contribution in [0.1, 0.15) is 37.1 Å². The van der Waals surface area contributed by atoms with Crippen molar-refractivity contribution in [2.45, 2.75) is 25.7 Å². The molecule has 15 heavy (non-hydrogen) atoms. The molecular weight excluding hydrogens is 192 g/mol. The van der Waals surface area contributed by atoms with E-state index in [1.807, 2.05) is 0 Å². The van der Waals surface area contributed by atoms with Gasteiger partial charge in [-0.15, -0.1) is 0 Å². The smallest absolute Gasteiger partial charge is 0.243 e. The van der Waals surface area contributed by atoms with Gasteiger partial charge in [0.15, 0.2) is 0 Å². The predicted octanol–water partition coefficient (Wildman–Crippen LogP) is 1.68. The highest BCUT2D eigenvalue weighted by molar-refractivity contribution is 6.02. The van der Waals surface area contributed by atoms with Gasteiger partial charge in [0.1, 0.15) is 11.5 Å². The van der Waals surface area contributed by atoms with Crippen molar-refractivity contribution in [1.29, 1.82) is 5.41 Å². The number of aliphatic imine (C=N–C) groups is 1. The van der Waals surface area contributed by atoms with Gasteiger partial charge in [-0.2, -0.15) is 4.99 Å². The van der Waals surface area contributed by atoms with Crippen LogP contribution in [-0.2, 0) is 4.74 Å². The third-order valence-electron chi connectivity index (χ3n) is 2.61. The van der Waals surface area contributed by atoms with E-state index in [1.54, 1.807) is 13.4 Å². The maximum atomic E-state index is 7.64. The predicted molar refractivity (Wildman–Crippen MR) is 57.5 cm³/mol. The van der Waals surface area contributed by atoms with Gasteiger partial charge in [0.2, 0.25) is 5.90 Å². The lowest BCUT2D eigenvalue weighted by molar-refractivity contribution is 0.402. The molecule has 0 radical (unpaired) electrons. The Labute approximate surface area is 88.1 Å². The molecule has 1 aliphatic rings. The monoisotopic (exact) mass is 206 g/mol. The number of ether oxygens (including phenoxy) is 1. The van der Waals surface area contributed by atoms with Crippen molar-refractivity contribution in [1.82, 2.24) is 9.97 Å². The van der Waals surface area contributed by atoms with Crippen LogP contribution in [0.25, 0.3) is 0 Å². The van der Waals surface area contributed by atoms with Gasteiger partial charge < -0.3 is 9.72 Å². The first-order valence-electron chi connectivity index (χ1n) is 4.96. The number of aromatic amines is 1. The summed E-state index contributed by atoms with van der Waals surface area (Å²) in [5.74, 6) is 1.14. The van der Waals surface area contributed by atoms with E-state index in [0.717, 1.165) is 17.8 Å². The molecule has 0 fully saturated rings. The molecule has 5 heteroatoms. The van der Waals surface area contributed by atoms with Crippen LogP contribution in [0.2, 0.25) is 0 Å². The number of aromatic nitrogens is 2. The molecule has 1 aromatic rings. The van der Waals surface area contributed by atoms with E-state index in [1.165, 1.54) is 0 Å². The summed E-state index contributed by atoms with van der Waals surface area (Å²) in [5, 5.41) is 7.64. The van der Waals surface area contributed by atoms with Gasteiger partial charge in [-0.25, -0.2) is 4.98 Å². The molecule has 5 nitrogen and oxygen atoms in total. The summed E-state index contributed by atoms with van der Waals surface area (Å²) >= 11 is 0. The quantitative estimate of drug-likeness (QED) is 0.677. The summed E-state index contributed by atoms with van der Waals surface area (Å²) < 4.78 is 5.16. The topological polar surface area (TPSA) is 74.1 Å². The second-order valence-corrected chi connectivity index (χ2v) is 3.67. The average Bonchev–Trinajstić information content (AvgIpc) is 2.69. The number of hydrogen-bond donors (Lipinski definition) is 2. The molecule has 1 aliphatic heterocycles. The van der Waals surface area contributed by atoms with E-state index >= 15 is 0 Å². The van der Waals surface area contributed by atoms with E-state index in [4.69, 9.17) is 10.1 Å². The Hall–Kier alpha value is -1.65.